The molecule has 0 fully saturated rings. The molecular formula is C19H27F3IN5O2S. The number of hydrogen-bond acceptors (Lipinski definition) is 6. The number of nitrogens with zero attached hydrogens (tertiary/aromatic N) is 3. The smallest absolute Gasteiger partial charge is 0.416 e. The van der Waals surface area contributed by atoms with Crippen molar-refractivity contribution in [2.45, 2.75) is 25.7 Å². The summed E-state index contributed by atoms with van der Waals surface area (Å²) in [6, 6.07) is 4.55. The molecule has 7 nitrogen and oxygen atoms in total. The van der Waals surface area contributed by atoms with Crippen LogP contribution in [0.5, 0.6) is 5.75 Å². The number of aliphatic hydroxyl groups is 1. The van der Waals surface area contributed by atoms with E-state index in [2.05, 4.69) is 20.6 Å². The second kappa shape index (κ2) is 12.9. The first-order valence-electron chi connectivity index (χ1n) is 9.31. The fourth-order valence-electron chi connectivity index (χ4n) is 2.30. The van der Waals surface area contributed by atoms with Crippen molar-refractivity contribution < 1.29 is 23.0 Å². The number of anilines is 1. The SMILES string of the molecule is CCNC(=NCc1csc(N(C)C)n1)NCC(O)COc1cccc(C(F)(F)F)c1.I. The van der Waals surface area contributed by atoms with E-state index in [9.17, 15) is 18.3 Å². The molecule has 2 rings (SSSR count). The lowest BCUT2D eigenvalue weighted by atomic mass is 10.2. The van der Waals surface area contributed by atoms with Crippen LogP contribution >= 0.6 is 35.3 Å². The topological polar surface area (TPSA) is 82.0 Å². The van der Waals surface area contributed by atoms with Crippen LogP contribution in [0.15, 0.2) is 34.6 Å². The Morgan fingerprint density at radius 3 is 2.68 bits per heavy atom. The van der Waals surface area contributed by atoms with E-state index in [-0.39, 0.29) is 42.9 Å². The highest BCUT2D eigenvalue weighted by Gasteiger charge is 2.30. The van der Waals surface area contributed by atoms with E-state index in [1.165, 1.54) is 23.5 Å². The Bertz CT molecular complexity index is 833. The molecule has 0 aliphatic heterocycles. The van der Waals surface area contributed by atoms with Gasteiger partial charge < -0.3 is 25.4 Å². The normalized spacial score (nSPS) is 12.7. The summed E-state index contributed by atoms with van der Waals surface area (Å²) in [6.07, 6.45) is -5.38. The first-order chi connectivity index (χ1) is 14.2. The molecule has 31 heavy (non-hydrogen) atoms. The molecule has 0 radical (unpaired) electrons. The van der Waals surface area contributed by atoms with Crippen molar-refractivity contribution in [2.24, 2.45) is 4.99 Å². The number of ether oxygens (including phenoxy) is 1. The van der Waals surface area contributed by atoms with Crippen molar-refractivity contribution in [3.63, 3.8) is 0 Å². The highest BCUT2D eigenvalue weighted by molar-refractivity contribution is 14.0. The molecule has 0 bridgehead atoms. The van der Waals surface area contributed by atoms with Crippen LogP contribution in [-0.4, -0.2) is 55.9 Å². The van der Waals surface area contributed by atoms with E-state index in [0.717, 1.165) is 23.0 Å². The molecule has 12 heteroatoms. The van der Waals surface area contributed by atoms with Gasteiger partial charge in [-0.25, -0.2) is 9.98 Å². The van der Waals surface area contributed by atoms with Gasteiger partial charge in [-0.15, -0.1) is 35.3 Å². The molecule has 0 aliphatic carbocycles. The lowest BCUT2D eigenvalue weighted by Gasteiger charge is -2.16. The van der Waals surface area contributed by atoms with Crippen LogP contribution in [-0.2, 0) is 12.7 Å². The van der Waals surface area contributed by atoms with Gasteiger partial charge in [0.15, 0.2) is 11.1 Å². The Labute approximate surface area is 200 Å². The minimum Gasteiger partial charge on any atom is -0.491 e. The van der Waals surface area contributed by atoms with Crippen LogP contribution in [0.3, 0.4) is 0 Å². The third-order valence-electron chi connectivity index (χ3n) is 3.77. The summed E-state index contributed by atoms with van der Waals surface area (Å²) in [5.41, 5.74) is 0.0305. The zero-order chi connectivity index (χ0) is 22.1. The number of nitrogens with one attached hydrogen (secondary N) is 2. The highest BCUT2D eigenvalue weighted by atomic mass is 127. The van der Waals surface area contributed by atoms with Crippen LogP contribution in [0.4, 0.5) is 18.3 Å². The van der Waals surface area contributed by atoms with Crippen molar-refractivity contribution in [1.82, 2.24) is 15.6 Å². The quantitative estimate of drug-likeness (QED) is 0.243. The molecular weight excluding hydrogens is 546 g/mol. The molecule has 0 aliphatic rings. The second-order valence-corrected chi connectivity index (χ2v) is 7.42. The third kappa shape index (κ3) is 9.47. The number of halogens is 4. The Morgan fingerprint density at radius 2 is 2.06 bits per heavy atom. The van der Waals surface area contributed by atoms with Crippen LogP contribution in [0.1, 0.15) is 18.2 Å². The summed E-state index contributed by atoms with van der Waals surface area (Å²) < 4.78 is 43.5. The first-order valence-corrected chi connectivity index (χ1v) is 10.2. The van der Waals surface area contributed by atoms with Gasteiger partial charge in [-0.1, -0.05) is 6.07 Å². The molecule has 1 unspecified atom stereocenters. The maximum Gasteiger partial charge on any atom is 0.416 e. The van der Waals surface area contributed by atoms with Crippen molar-refractivity contribution in [1.29, 1.82) is 0 Å². The van der Waals surface area contributed by atoms with Crippen molar-refractivity contribution >= 4 is 46.4 Å². The highest BCUT2D eigenvalue weighted by Crippen LogP contribution is 2.31. The van der Waals surface area contributed by atoms with Gasteiger partial charge in [-0.2, -0.15) is 13.2 Å². The Hall–Kier alpha value is -1.80. The van der Waals surface area contributed by atoms with Crippen LogP contribution in [0.25, 0.3) is 0 Å². The zero-order valence-electron chi connectivity index (χ0n) is 17.4. The summed E-state index contributed by atoms with van der Waals surface area (Å²) in [5.74, 6) is 0.541. The number of guanidine groups is 1. The standard InChI is InChI=1S/C19H26F3N5O2S.HI/c1-4-23-17(24-9-14-12-30-18(26-14)27(2)3)25-10-15(28)11-29-16-7-5-6-13(8-16)19(20,21)22;/h5-8,12,15,28H,4,9-11H2,1-3H3,(H2,23,24,25);1H. The predicted octanol–water partition coefficient (Wildman–Crippen LogP) is 3.34. The Balaban J connectivity index is 0.00000480. The summed E-state index contributed by atoms with van der Waals surface area (Å²) in [4.78, 5) is 10.8. The van der Waals surface area contributed by atoms with E-state index in [1.54, 1.807) is 0 Å². The molecule has 1 heterocycles. The minimum atomic E-state index is -4.44. The number of aliphatic imine (C=N–C) groups is 1. The van der Waals surface area contributed by atoms with Gasteiger partial charge in [0.25, 0.3) is 0 Å². The molecule has 2 aromatic rings. The lowest BCUT2D eigenvalue weighted by molar-refractivity contribution is -0.137. The number of alkyl halides is 3. The average molecular weight is 573 g/mol. The fourth-order valence-corrected chi connectivity index (χ4v) is 3.05. The van der Waals surface area contributed by atoms with Crippen LogP contribution in [0, 0.1) is 0 Å². The van der Waals surface area contributed by atoms with E-state index >= 15 is 0 Å². The van der Waals surface area contributed by atoms with Gasteiger partial charge in [-0.3, -0.25) is 0 Å². The number of aliphatic hydroxyl groups excluding tert-OH is 1. The largest absolute Gasteiger partial charge is 0.491 e. The molecule has 3 N–H and O–H groups in total. The van der Waals surface area contributed by atoms with Gasteiger partial charge >= 0.3 is 6.18 Å². The second-order valence-electron chi connectivity index (χ2n) is 6.58. The van der Waals surface area contributed by atoms with Gasteiger partial charge in [0.1, 0.15) is 18.5 Å². The Kier molecular flexibility index (Phi) is 11.3. The molecule has 0 spiro atoms. The molecule has 0 amide bonds. The summed E-state index contributed by atoms with van der Waals surface area (Å²) in [5, 5.41) is 19.0. The predicted molar refractivity (Wildman–Crippen MR) is 128 cm³/mol. The van der Waals surface area contributed by atoms with E-state index in [0.29, 0.717) is 19.0 Å². The average Bonchev–Trinajstić information content (AvgIpc) is 3.17. The molecule has 174 valence electrons. The molecule has 0 saturated heterocycles. The number of thiazole rings is 1. The maximum atomic E-state index is 12.7. The van der Waals surface area contributed by atoms with E-state index in [1.807, 2.05) is 31.3 Å². The Morgan fingerprint density at radius 1 is 1.32 bits per heavy atom. The van der Waals surface area contributed by atoms with Crippen molar-refractivity contribution in [3.05, 3.63) is 40.9 Å². The molecule has 1 atom stereocenters. The van der Waals surface area contributed by atoms with Crippen LogP contribution in [0.2, 0.25) is 0 Å². The number of aromatic nitrogens is 1. The van der Waals surface area contributed by atoms with E-state index < -0.39 is 17.8 Å². The minimum absolute atomic E-state index is 0. The maximum absolute atomic E-state index is 12.7. The van der Waals surface area contributed by atoms with Crippen LogP contribution < -0.4 is 20.3 Å². The van der Waals surface area contributed by atoms with Gasteiger partial charge in [-0.05, 0) is 25.1 Å². The number of benzene rings is 1. The fraction of sp³-hybridized carbons (Fsp3) is 0.474. The monoisotopic (exact) mass is 573 g/mol. The van der Waals surface area contributed by atoms with Gasteiger partial charge in [0.2, 0.25) is 0 Å². The number of hydrogen-bond donors (Lipinski definition) is 3. The third-order valence-corrected chi connectivity index (χ3v) is 4.83. The van der Waals surface area contributed by atoms with Crippen molar-refractivity contribution in [3.8, 4) is 5.75 Å². The number of rotatable bonds is 9. The van der Waals surface area contributed by atoms with Gasteiger partial charge in [0.05, 0.1) is 17.8 Å². The molecule has 1 aromatic heterocycles. The summed E-state index contributed by atoms with van der Waals surface area (Å²) in [7, 11) is 3.83. The van der Waals surface area contributed by atoms with Crippen molar-refractivity contribution in [2.75, 3.05) is 38.7 Å². The summed E-state index contributed by atoms with van der Waals surface area (Å²) >= 11 is 1.53. The molecule has 1 aromatic carbocycles. The van der Waals surface area contributed by atoms with E-state index in [4.69, 9.17) is 4.74 Å². The molecule has 0 saturated carbocycles. The first kappa shape index (κ1) is 27.2. The summed E-state index contributed by atoms with van der Waals surface area (Å²) in [6.45, 7) is 2.87. The van der Waals surface area contributed by atoms with Gasteiger partial charge in [0, 0.05) is 32.6 Å². The zero-order valence-corrected chi connectivity index (χ0v) is 20.6. The lowest BCUT2D eigenvalue weighted by Crippen LogP contribution is -2.42.